The standard InChI is InChI=1S/C13H12O2/c14-10-13(11-15)9-5-4-8-12-6-2-1-3-7-12/h1-7,9-11H,8H2/b5-4+. The SMILES string of the molecule is O=CC(C=O)=C/C=C/Cc1ccccc1. The van der Waals surface area contributed by atoms with Crippen LogP contribution in [0.2, 0.25) is 0 Å². The molecule has 0 radical (unpaired) electrons. The number of carbonyl (C=O) groups is 2. The van der Waals surface area contributed by atoms with Crippen LogP contribution in [0, 0.1) is 0 Å². The molecule has 0 saturated heterocycles. The Bertz CT molecular complexity index is 365. The number of allylic oxidation sites excluding steroid dienone is 4. The summed E-state index contributed by atoms with van der Waals surface area (Å²) in [6.45, 7) is 0. The van der Waals surface area contributed by atoms with Crippen LogP contribution in [0.25, 0.3) is 0 Å². The Balaban J connectivity index is 2.50. The van der Waals surface area contributed by atoms with E-state index in [0.717, 1.165) is 6.42 Å². The van der Waals surface area contributed by atoms with Gasteiger partial charge in [-0.1, -0.05) is 42.5 Å². The first kappa shape index (κ1) is 11.1. The zero-order valence-corrected chi connectivity index (χ0v) is 8.30. The molecular weight excluding hydrogens is 188 g/mol. The first-order valence-electron chi connectivity index (χ1n) is 4.68. The summed E-state index contributed by atoms with van der Waals surface area (Å²) in [5, 5.41) is 0. The van der Waals surface area contributed by atoms with Gasteiger partial charge in [0.1, 0.15) is 0 Å². The van der Waals surface area contributed by atoms with Crippen molar-refractivity contribution in [2.24, 2.45) is 0 Å². The van der Waals surface area contributed by atoms with E-state index in [-0.39, 0.29) is 5.57 Å². The number of carbonyl (C=O) groups excluding carboxylic acids is 2. The van der Waals surface area contributed by atoms with Crippen LogP contribution in [0.4, 0.5) is 0 Å². The summed E-state index contributed by atoms with van der Waals surface area (Å²) in [6, 6.07) is 9.95. The lowest BCUT2D eigenvalue weighted by Crippen LogP contribution is -1.83. The molecule has 0 aliphatic carbocycles. The van der Waals surface area contributed by atoms with Gasteiger partial charge in [-0.25, -0.2) is 0 Å². The fourth-order valence-corrected chi connectivity index (χ4v) is 1.10. The number of aldehydes is 2. The molecule has 0 heterocycles. The molecule has 0 spiro atoms. The van der Waals surface area contributed by atoms with Crippen LogP contribution >= 0.6 is 0 Å². The lowest BCUT2D eigenvalue weighted by molar-refractivity contribution is -0.109. The Morgan fingerprint density at radius 3 is 2.33 bits per heavy atom. The number of benzene rings is 1. The van der Waals surface area contributed by atoms with Gasteiger partial charge in [-0.15, -0.1) is 0 Å². The Kier molecular flexibility index (Phi) is 4.81. The second-order valence-corrected chi connectivity index (χ2v) is 3.02. The van der Waals surface area contributed by atoms with E-state index >= 15 is 0 Å². The molecule has 1 aromatic carbocycles. The highest BCUT2D eigenvalue weighted by molar-refractivity contribution is 5.99. The molecular formula is C13H12O2. The highest BCUT2D eigenvalue weighted by Gasteiger charge is 1.87. The molecule has 0 aliphatic heterocycles. The summed E-state index contributed by atoms with van der Waals surface area (Å²) in [5.41, 5.74) is 1.35. The third-order valence-electron chi connectivity index (χ3n) is 1.89. The fourth-order valence-electron chi connectivity index (χ4n) is 1.10. The number of hydrogen-bond acceptors (Lipinski definition) is 2. The summed E-state index contributed by atoms with van der Waals surface area (Å²) in [5.74, 6) is 0. The second-order valence-electron chi connectivity index (χ2n) is 3.02. The molecule has 2 heteroatoms. The lowest BCUT2D eigenvalue weighted by Gasteiger charge is -1.92. The highest BCUT2D eigenvalue weighted by Crippen LogP contribution is 2.00. The maximum atomic E-state index is 10.3. The monoisotopic (exact) mass is 200 g/mol. The molecule has 76 valence electrons. The minimum atomic E-state index is 0.152. The van der Waals surface area contributed by atoms with Crippen molar-refractivity contribution < 1.29 is 9.59 Å². The van der Waals surface area contributed by atoms with Crippen molar-refractivity contribution in [1.82, 2.24) is 0 Å². The molecule has 0 unspecified atom stereocenters. The van der Waals surface area contributed by atoms with Crippen LogP contribution in [-0.2, 0) is 16.0 Å². The average Bonchev–Trinajstić information content (AvgIpc) is 2.31. The van der Waals surface area contributed by atoms with Gasteiger partial charge in [0.25, 0.3) is 0 Å². The Hall–Kier alpha value is -1.96. The zero-order valence-electron chi connectivity index (χ0n) is 8.30. The van der Waals surface area contributed by atoms with E-state index in [2.05, 4.69) is 0 Å². The Morgan fingerprint density at radius 1 is 1.07 bits per heavy atom. The van der Waals surface area contributed by atoms with Crippen molar-refractivity contribution in [1.29, 1.82) is 0 Å². The summed E-state index contributed by atoms with van der Waals surface area (Å²) in [7, 11) is 0. The predicted molar refractivity (Wildman–Crippen MR) is 59.5 cm³/mol. The van der Waals surface area contributed by atoms with Crippen molar-refractivity contribution in [2.75, 3.05) is 0 Å². The van der Waals surface area contributed by atoms with Crippen LogP contribution in [0.5, 0.6) is 0 Å². The maximum Gasteiger partial charge on any atom is 0.153 e. The van der Waals surface area contributed by atoms with Gasteiger partial charge in [0, 0.05) is 0 Å². The Morgan fingerprint density at radius 2 is 1.73 bits per heavy atom. The zero-order chi connectivity index (χ0) is 10.9. The first-order valence-corrected chi connectivity index (χ1v) is 4.68. The van der Waals surface area contributed by atoms with E-state index in [1.165, 1.54) is 11.6 Å². The first-order chi connectivity index (χ1) is 7.36. The van der Waals surface area contributed by atoms with E-state index in [4.69, 9.17) is 0 Å². The highest BCUT2D eigenvalue weighted by atomic mass is 16.1. The molecule has 15 heavy (non-hydrogen) atoms. The topological polar surface area (TPSA) is 34.1 Å². The van der Waals surface area contributed by atoms with Crippen LogP contribution < -0.4 is 0 Å². The average molecular weight is 200 g/mol. The third kappa shape index (κ3) is 4.18. The van der Waals surface area contributed by atoms with Crippen LogP contribution in [-0.4, -0.2) is 12.6 Å². The predicted octanol–water partition coefficient (Wildman–Crippen LogP) is 2.11. The van der Waals surface area contributed by atoms with Crippen LogP contribution in [0.3, 0.4) is 0 Å². The number of rotatable bonds is 5. The van der Waals surface area contributed by atoms with Gasteiger partial charge in [0.2, 0.25) is 0 Å². The minimum Gasteiger partial charge on any atom is -0.298 e. The molecule has 0 bridgehead atoms. The maximum absolute atomic E-state index is 10.3. The van der Waals surface area contributed by atoms with Gasteiger partial charge >= 0.3 is 0 Å². The largest absolute Gasteiger partial charge is 0.298 e. The summed E-state index contributed by atoms with van der Waals surface area (Å²) in [4.78, 5) is 20.5. The quantitative estimate of drug-likeness (QED) is 0.240. The van der Waals surface area contributed by atoms with E-state index in [1.54, 1.807) is 6.08 Å². The van der Waals surface area contributed by atoms with Crippen LogP contribution in [0.1, 0.15) is 5.56 Å². The fraction of sp³-hybridized carbons (Fsp3) is 0.0769. The van der Waals surface area contributed by atoms with E-state index in [9.17, 15) is 9.59 Å². The number of hydrogen-bond donors (Lipinski definition) is 0. The normalized spacial score (nSPS) is 9.87. The van der Waals surface area contributed by atoms with Gasteiger partial charge in [0.05, 0.1) is 5.57 Å². The van der Waals surface area contributed by atoms with Crippen molar-refractivity contribution in [2.45, 2.75) is 6.42 Å². The third-order valence-corrected chi connectivity index (χ3v) is 1.89. The summed E-state index contributed by atoms with van der Waals surface area (Å²) >= 11 is 0. The van der Waals surface area contributed by atoms with Gasteiger partial charge in [-0.2, -0.15) is 0 Å². The molecule has 2 nitrogen and oxygen atoms in total. The molecule has 1 rings (SSSR count). The van der Waals surface area contributed by atoms with Gasteiger partial charge in [-0.05, 0) is 18.1 Å². The molecule has 0 aliphatic rings. The molecule has 0 atom stereocenters. The molecule has 0 amide bonds. The summed E-state index contributed by atoms with van der Waals surface area (Å²) < 4.78 is 0. The second kappa shape index (κ2) is 6.49. The molecule has 0 saturated carbocycles. The van der Waals surface area contributed by atoms with Crippen LogP contribution in [0.15, 0.2) is 54.1 Å². The van der Waals surface area contributed by atoms with E-state index < -0.39 is 0 Å². The summed E-state index contributed by atoms with van der Waals surface area (Å²) in [6.07, 6.45) is 7.00. The van der Waals surface area contributed by atoms with Gasteiger partial charge in [0.15, 0.2) is 12.6 Å². The molecule has 0 fully saturated rings. The van der Waals surface area contributed by atoms with E-state index in [1.807, 2.05) is 36.4 Å². The van der Waals surface area contributed by atoms with Crippen molar-refractivity contribution in [3.05, 3.63) is 59.7 Å². The Labute approximate surface area is 88.9 Å². The van der Waals surface area contributed by atoms with Crippen molar-refractivity contribution in [3.63, 3.8) is 0 Å². The van der Waals surface area contributed by atoms with Crippen molar-refractivity contribution in [3.8, 4) is 0 Å². The minimum absolute atomic E-state index is 0.152. The molecule has 0 N–H and O–H groups in total. The van der Waals surface area contributed by atoms with Gasteiger partial charge < -0.3 is 0 Å². The molecule has 1 aromatic rings. The smallest absolute Gasteiger partial charge is 0.153 e. The van der Waals surface area contributed by atoms with E-state index in [0.29, 0.717) is 12.6 Å². The lowest BCUT2D eigenvalue weighted by atomic mass is 10.1. The molecule has 0 aromatic heterocycles. The van der Waals surface area contributed by atoms with Gasteiger partial charge in [-0.3, -0.25) is 9.59 Å². The van der Waals surface area contributed by atoms with Crippen molar-refractivity contribution >= 4 is 12.6 Å².